The van der Waals surface area contributed by atoms with E-state index in [1.54, 1.807) is 18.2 Å². The molecule has 190 valence electrons. The number of ether oxygens (including phenoxy) is 1. The Morgan fingerprint density at radius 3 is 2.17 bits per heavy atom. The van der Waals surface area contributed by atoms with E-state index in [2.05, 4.69) is 40.0 Å². The normalized spacial score (nSPS) is 10.6. The maximum Gasteiger partial charge on any atom is 0.323 e. The van der Waals surface area contributed by atoms with E-state index in [4.69, 9.17) is 4.74 Å². The van der Waals surface area contributed by atoms with Crippen LogP contribution in [0.25, 0.3) is 0 Å². The molecule has 0 spiro atoms. The van der Waals surface area contributed by atoms with E-state index in [-0.39, 0.29) is 11.9 Å². The quantitative estimate of drug-likeness (QED) is 0.287. The summed E-state index contributed by atoms with van der Waals surface area (Å²) in [6.07, 6.45) is 0. The number of anilines is 3. The Bertz CT molecular complexity index is 1120. The van der Waals surface area contributed by atoms with E-state index in [1.807, 2.05) is 54.6 Å². The highest BCUT2D eigenvalue weighted by Gasteiger charge is 2.14. The molecule has 0 aliphatic carbocycles. The summed E-state index contributed by atoms with van der Waals surface area (Å²) in [6, 6.07) is 22.2. The molecule has 0 bridgehead atoms. The molecule has 0 radical (unpaired) electrons. The molecule has 0 aliphatic heterocycles. The van der Waals surface area contributed by atoms with Gasteiger partial charge in [0.2, 0.25) is 0 Å². The molecule has 0 atom stereocenters. The van der Waals surface area contributed by atoms with Crippen LogP contribution >= 0.6 is 0 Å². The van der Waals surface area contributed by atoms with Crippen molar-refractivity contribution in [2.75, 3.05) is 49.2 Å². The second kappa shape index (κ2) is 13.7. The number of carbonyl (C=O) groups is 2. The van der Waals surface area contributed by atoms with E-state index in [0.717, 1.165) is 30.9 Å². The minimum Gasteiger partial charge on any atom is -0.496 e. The molecule has 3 aromatic rings. The summed E-state index contributed by atoms with van der Waals surface area (Å²) in [5.74, 6) is 0.181. The molecule has 3 amide bonds. The van der Waals surface area contributed by atoms with Crippen molar-refractivity contribution in [2.24, 2.45) is 0 Å². The fourth-order valence-corrected chi connectivity index (χ4v) is 3.68. The lowest BCUT2D eigenvalue weighted by Crippen LogP contribution is -2.34. The summed E-state index contributed by atoms with van der Waals surface area (Å²) in [4.78, 5) is 27.3. The zero-order valence-corrected chi connectivity index (χ0v) is 21.1. The molecule has 8 heteroatoms. The van der Waals surface area contributed by atoms with Crippen LogP contribution in [0.4, 0.5) is 21.9 Å². The Labute approximate surface area is 213 Å². The standard InChI is InChI=1S/C28H35N5O3/c1-4-33(5-2)18-17-29-27(34)25-16-15-24(19-26(25)36-3)32-28(35)31-23-13-11-21(12-14-23)20-30-22-9-7-6-8-10-22/h6-16,19,30H,4-5,17-18,20H2,1-3H3,(H,29,34)(H2,31,32,35). The summed E-state index contributed by atoms with van der Waals surface area (Å²) in [6.45, 7) is 8.08. The maximum atomic E-state index is 12.6. The summed E-state index contributed by atoms with van der Waals surface area (Å²) >= 11 is 0. The largest absolute Gasteiger partial charge is 0.496 e. The SMILES string of the molecule is CCN(CC)CCNC(=O)c1ccc(NC(=O)Nc2ccc(CNc3ccccc3)cc2)cc1OC. The average Bonchev–Trinajstić information content (AvgIpc) is 2.91. The molecule has 36 heavy (non-hydrogen) atoms. The number of rotatable bonds is 12. The van der Waals surface area contributed by atoms with Gasteiger partial charge in [-0.2, -0.15) is 0 Å². The van der Waals surface area contributed by atoms with Crippen LogP contribution in [-0.4, -0.2) is 50.1 Å². The lowest BCUT2D eigenvalue weighted by molar-refractivity contribution is 0.0946. The van der Waals surface area contributed by atoms with E-state index in [0.29, 0.717) is 35.8 Å². The monoisotopic (exact) mass is 489 g/mol. The summed E-state index contributed by atoms with van der Waals surface area (Å²) in [5, 5.41) is 11.9. The van der Waals surface area contributed by atoms with E-state index in [9.17, 15) is 9.59 Å². The molecule has 0 heterocycles. The molecule has 0 unspecified atom stereocenters. The number of nitrogens with one attached hydrogen (secondary N) is 4. The summed E-state index contributed by atoms with van der Waals surface area (Å²) in [5.41, 5.74) is 3.76. The van der Waals surface area contributed by atoms with Gasteiger partial charge in [0, 0.05) is 42.8 Å². The first-order chi connectivity index (χ1) is 17.5. The Morgan fingerprint density at radius 2 is 1.50 bits per heavy atom. The Hall–Kier alpha value is -4.04. The lowest BCUT2D eigenvalue weighted by Gasteiger charge is -2.18. The molecule has 0 fully saturated rings. The van der Waals surface area contributed by atoms with Gasteiger partial charge in [-0.15, -0.1) is 0 Å². The zero-order valence-electron chi connectivity index (χ0n) is 21.1. The minimum absolute atomic E-state index is 0.211. The fraction of sp³-hybridized carbons (Fsp3) is 0.286. The number of methoxy groups -OCH3 is 1. The molecule has 3 aromatic carbocycles. The van der Waals surface area contributed by atoms with Gasteiger partial charge in [-0.3, -0.25) is 4.79 Å². The smallest absolute Gasteiger partial charge is 0.323 e. The Balaban J connectivity index is 1.51. The molecular weight excluding hydrogens is 454 g/mol. The number of carbonyl (C=O) groups excluding carboxylic acids is 2. The number of urea groups is 1. The van der Waals surface area contributed by atoms with Crippen LogP contribution in [-0.2, 0) is 6.54 Å². The third kappa shape index (κ3) is 8.02. The Kier molecular flexibility index (Phi) is 10.1. The number of amides is 3. The molecular formula is C28H35N5O3. The van der Waals surface area contributed by atoms with Crippen molar-refractivity contribution in [3.8, 4) is 5.75 Å². The fourth-order valence-electron chi connectivity index (χ4n) is 3.68. The van der Waals surface area contributed by atoms with Gasteiger partial charge >= 0.3 is 6.03 Å². The first-order valence-corrected chi connectivity index (χ1v) is 12.2. The molecule has 0 aliphatic rings. The van der Waals surface area contributed by atoms with Crippen molar-refractivity contribution >= 4 is 29.0 Å². The third-order valence-electron chi connectivity index (χ3n) is 5.79. The van der Waals surface area contributed by atoms with Crippen LogP contribution in [0.5, 0.6) is 5.75 Å². The van der Waals surface area contributed by atoms with Gasteiger partial charge in [-0.25, -0.2) is 4.79 Å². The first-order valence-electron chi connectivity index (χ1n) is 12.2. The van der Waals surface area contributed by atoms with Gasteiger partial charge in [0.25, 0.3) is 5.91 Å². The zero-order chi connectivity index (χ0) is 25.8. The van der Waals surface area contributed by atoms with Gasteiger partial charge in [-0.1, -0.05) is 44.2 Å². The molecule has 0 saturated carbocycles. The number of para-hydroxylation sites is 1. The number of benzene rings is 3. The molecule has 3 rings (SSSR count). The van der Waals surface area contributed by atoms with Crippen LogP contribution in [0.3, 0.4) is 0 Å². The van der Waals surface area contributed by atoms with Crippen molar-refractivity contribution in [1.29, 1.82) is 0 Å². The van der Waals surface area contributed by atoms with E-state index in [1.165, 1.54) is 7.11 Å². The molecule has 4 N–H and O–H groups in total. The predicted octanol–water partition coefficient (Wildman–Crippen LogP) is 5.02. The third-order valence-corrected chi connectivity index (χ3v) is 5.79. The van der Waals surface area contributed by atoms with Crippen LogP contribution in [0.1, 0.15) is 29.8 Å². The van der Waals surface area contributed by atoms with Crippen molar-refractivity contribution in [3.63, 3.8) is 0 Å². The van der Waals surface area contributed by atoms with E-state index < -0.39 is 0 Å². The second-order valence-corrected chi connectivity index (χ2v) is 8.19. The first kappa shape index (κ1) is 26.6. The summed E-state index contributed by atoms with van der Waals surface area (Å²) < 4.78 is 5.40. The number of nitrogens with zero attached hydrogens (tertiary/aromatic N) is 1. The highest BCUT2D eigenvalue weighted by atomic mass is 16.5. The van der Waals surface area contributed by atoms with Crippen molar-refractivity contribution in [1.82, 2.24) is 10.2 Å². The van der Waals surface area contributed by atoms with Crippen LogP contribution in [0.15, 0.2) is 72.8 Å². The van der Waals surface area contributed by atoms with Gasteiger partial charge < -0.3 is 30.9 Å². The van der Waals surface area contributed by atoms with Crippen LogP contribution in [0.2, 0.25) is 0 Å². The summed E-state index contributed by atoms with van der Waals surface area (Å²) in [7, 11) is 1.50. The Morgan fingerprint density at radius 1 is 0.833 bits per heavy atom. The van der Waals surface area contributed by atoms with Crippen molar-refractivity contribution < 1.29 is 14.3 Å². The average molecular weight is 490 g/mol. The number of hydrogen-bond donors (Lipinski definition) is 4. The van der Waals surface area contributed by atoms with Crippen molar-refractivity contribution in [2.45, 2.75) is 20.4 Å². The highest BCUT2D eigenvalue weighted by Crippen LogP contribution is 2.23. The lowest BCUT2D eigenvalue weighted by atomic mass is 10.1. The van der Waals surface area contributed by atoms with E-state index >= 15 is 0 Å². The molecule has 0 aromatic heterocycles. The second-order valence-electron chi connectivity index (χ2n) is 8.19. The highest BCUT2D eigenvalue weighted by molar-refractivity contribution is 6.01. The predicted molar refractivity (Wildman–Crippen MR) is 146 cm³/mol. The minimum atomic E-state index is -0.386. The van der Waals surface area contributed by atoms with Crippen LogP contribution < -0.4 is 26.0 Å². The topological polar surface area (TPSA) is 94.7 Å². The number of likely N-dealkylation sites (N-methyl/N-ethyl adjacent to an activating group) is 1. The van der Waals surface area contributed by atoms with Gasteiger partial charge in [-0.05, 0) is 55.1 Å². The number of hydrogen-bond acceptors (Lipinski definition) is 5. The van der Waals surface area contributed by atoms with Crippen LogP contribution in [0, 0.1) is 0 Å². The molecule has 0 saturated heterocycles. The van der Waals surface area contributed by atoms with Crippen molar-refractivity contribution in [3.05, 3.63) is 83.9 Å². The maximum absolute atomic E-state index is 12.6. The van der Waals surface area contributed by atoms with Gasteiger partial charge in [0.05, 0.1) is 12.7 Å². The van der Waals surface area contributed by atoms with Gasteiger partial charge in [0.15, 0.2) is 0 Å². The van der Waals surface area contributed by atoms with Gasteiger partial charge in [0.1, 0.15) is 5.75 Å². The molecule has 8 nitrogen and oxygen atoms in total.